The number of fused-ring (bicyclic) bond motifs is 1. The van der Waals surface area contributed by atoms with Gasteiger partial charge in [-0.1, -0.05) is 65.8 Å². The van der Waals surface area contributed by atoms with E-state index >= 15 is 0 Å². The number of nitrogens with one attached hydrogen (secondary N) is 2. The maximum absolute atomic E-state index is 15.0. The van der Waals surface area contributed by atoms with Gasteiger partial charge in [0.2, 0.25) is 0 Å². The number of nitrogens with zero attached hydrogens (tertiary/aromatic N) is 3. The number of halogens is 1. The molecule has 1 saturated heterocycles. The number of guanidine groups is 1. The van der Waals surface area contributed by atoms with Gasteiger partial charge >= 0.3 is 5.69 Å². The first-order valence-electron chi connectivity index (χ1n) is 18.6. The lowest BCUT2D eigenvalue weighted by molar-refractivity contribution is 0.193. The van der Waals surface area contributed by atoms with Crippen LogP contribution in [0.2, 0.25) is 0 Å². The standard InChI is InChI=1S/C22H31N7O.C19H30FNO/c1-14(25-10-5-11-26-20(23)24)15-6-8-17(9-7-15)29-13-16-12-18(22(2,3)4)27-19(16)28-21(29)30;1-13(21)6-5-7-14-10-16(15-8-9-22-12-15)18(20)17(11-14)19(2,3)4/h6-9,12-14,25H,5,10-11H2,1-4H3,(H4,23,24,26)(H,27,28,30);10-11,13,15H,5-9,12,21H2,1-4H3/t14-;13-,15?/m00/s1. The number of benzene rings is 2. The van der Waals surface area contributed by atoms with Crippen molar-refractivity contribution in [2.75, 3.05) is 26.3 Å². The third kappa shape index (κ3) is 11.2. The van der Waals surface area contributed by atoms with Gasteiger partial charge in [0.25, 0.3) is 0 Å². The molecule has 11 heteroatoms. The maximum atomic E-state index is 15.0. The molecular formula is C41H61FN8O2. The summed E-state index contributed by atoms with van der Waals surface area (Å²) in [6.07, 6.45) is 6.64. The van der Waals surface area contributed by atoms with Crippen molar-refractivity contribution < 1.29 is 9.13 Å². The number of H-pyrrole nitrogens is 1. The normalized spacial score (nSPS) is 16.0. The third-order valence-corrected chi connectivity index (χ3v) is 9.53. The van der Waals surface area contributed by atoms with Crippen LogP contribution in [0.15, 0.2) is 58.4 Å². The van der Waals surface area contributed by atoms with Crippen molar-refractivity contribution in [3.8, 4) is 5.69 Å². The van der Waals surface area contributed by atoms with Crippen LogP contribution in [-0.2, 0) is 22.0 Å². The van der Waals surface area contributed by atoms with Gasteiger partial charge < -0.3 is 32.2 Å². The Kier molecular flexibility index (Phi) is 13.8. The Labute approximate surface area is 308 Å². The van der Waals surface area contributed by atoms with Crippen molar-refractivity contribution in [2.45, 2.75) is 116 Å². The number of aryl methyl sites for hydroxylation is 1. The van der Waals surface area contributed by atoms with Gasteiger partial charge in [-0.05, 0) is 98.4 Å². The van der Waals surface area contributed by atoms with E-state index in [9.17, 15) is 9.18 Å². The molecular weight excluding hydrogens is 656 g/mol. The van der Waals surface area contributed by atoms with Gasteiger partial charge in [-0.15, -0.1) is 0 Å². The fourth-order valence-corrected chi connectivity index (χ4v) is 6.33. The minimum Gasteiger partial charge on any atom is -0.381 e. The average molecular weight is 717 g/mol. The van der Waals surface area contributed by atoms with Gasteiger partial charge in [0, 0.05) is 53.8 Å². The molecule has 3 atom stereocenters. The van der Waals surface area contributed by atoms with E-state index in [0.717, 1.165) is 78.7 Å². The van der Waals surface area contributed by atoms with Gasteiger partial charge in [-0.2, -0.15) is 4.98 Å². The molecule has 1 aliphatic heterocycles. The van der Waals surface area contributed by atoms with Crippen LogP contribution in [0.5, 0.6) is 0 Å². The summed E-state index contributed by atoms with van der Waals surface area (Å²) in [7, 11) is 0. The Morgan fingerprint density at radius 3 is 2.38 bits per heavy atom. The minimum atomic E-state index is -0.302. The molecule has 8 N–H and O–H groups in total. The highest BCUT2D eigenvalue weighted by atomic mass is 19.1. The zero-order chi connectivity index (χ0) is 38.2. The lowest BCUT2D eigenvalue weighted by Crippen LogP contribution is -2.24. The van der Waals surface area contributed by atoms with Crippen LogP contribution >= 0.6 is 0 Å². The van der Waals surface area contributed by atoms with Crippen LogP contribution < -0.4 is 28.2 Å². The van der Waals surface area contributed by atoms with Gasteiger partial charge in [0.1, 0.15) is 11.5 Å². The molecule has 0 radical (unpaired) electrons. The van der Waals surface area contributed by atoms with Gasteiger partial charge in [-0.3, -0.25) is 9.56 Å². The van der Waals surface area contributed by atoms with Crippen molar-refractivity contribution in [3.05, 3.63) is 92.9 Å². The fraction of sp³-hybridized carbons (Fsp3) is 0.537. The molecule has 1 unspecified atom stereocenters. The van der Waals surface area contributed by atoms with Crippen molar-refractivity contribution in [1.82, 2.24) is 19.9 Å². The summed E-state index contributed by atoms with van der Waals surface area (Å²) < 4.78 is 22.0. The summed E-state index contributed by atoms with van der Waals surface area (Å²) in [5, 5.41) is 4.36. The van der Waals surface area contributed by atoms with E-state index in [-0.39, 0.29) is 46.3 Å². The predicted octanol–water partition coefficient (Wildman–Crippen LogP) is 6.62. The Hall–Kier alpha value is -4.06. The molecule has 0 bridgehead atoms. The van der Waals surface area contributed by atoms with E-state index in [1.54, 1.807) is 4.57 Å². The van der Waals surface area contributed by atoms with Crippen LogP contribution in [0.4, 0.5) is 4.39 Å². The molecule has 5 rings (SSSR count). The highest BCUT2D eigenvalue weighted by Gasteiger charge is 2.27. The number of aromatic amines is 1. The highest BCUT2D eigenvalue weighted by molar-refractivity contribution is 5.76. The SMILES string of the molecule is C[C@H](N)CCCc1cc(C2CCOC2)c(F)c(C(C)(C)C)c1.C[C@H](NCCCN=C(N)N)c1ccc(-n2cc3cc(C(C)(C)C)[nH]c3nc2=O)cc1. The van der Waals surface area contributed by atoms with E-state index in [1.165, 1.54) is 5.56 Å². The largest absolute Gasteiger partial charge is 0.381 e. The summed E-state index contributed by atoms with van der Waals surface area (Å²) in [5.41, 5.74) is 22.5. The monoisotopic (exact) mass is 716 g/mol. The zero-order valence-electron chi connectivity index (χ0n) is 32.5. The van der Waals surface area contributed by atoms with Crippen LogP contribution in [0, 0.1) is 5.82 Å². The summed E-state index contributed by atoms with van der Waals surface area (Å²) >= 11 is 0. The van der Waals surface area contributed by atoms with Crippen LogP contribution in [0.25, 0.3) is 16.7 Å². The summed E-state index contributed by atoms with van der Waals surface area (Å²) in [6.45, 7) is 19.5. The number of rotatable bonds is 12. The van der Waals surface area contributed by atoms with Crippen molar-refractivity contribution >= 4 is 17.0 Å². The second kappa shape index (κ2) is 17.6. The molecule has 2 aromatic heterocycles. The van der Waals surface area contributed by atoms with Gasteiger partial charge in [0.15, 0.2) is 5.96 Å². The number of hydrogen-bond donors (Lipinski definition) is 5. The second-order valence-corrected chi connectivity index (χ2v) is 16.3. The number of hydrogen-bond acceptors (Lipinski definition) is 6. The molecule has 4 aromatic rings. The van der Waals surface area contributed by atoms with Crippen molar-refractivity contribution in [2.24, 2.45) is 22.2 Å². The Bertz CT molecular complexity index is 1840. The average Bonchev–Trinajstić information content (AvgIpc) is 3.75. The fourth-order valence-electron chi connectivity index (χ4n) is 6.33. The van der Waals surface area contributed by atoms with E-state index in [2.05, 4.69) is 86.9 Å². The second-order valence-electron chi connectivity index (χ2n) is 16.3. The molecule has 1 fully saturated rings. The van der Waals surface area contributed by atoms with Crippen molar-refractivity contribution in [3.63, 3.8) is 0 Å². The number of aliphatic imine (C=N–C) groups is 1. The first kappa shape index (κ1) is 40.7. The molecule has 52 heavy (non-hydrogen) atoms. The summed E-state index contributed by atoms with van der Waals surface area (Å²) in [5.74, 6) is 0.296. The molecule has 10 nitrogen and oxygen atoms in total. The van der Waals surface area contributed by atoms with E-state index < -0.39 is 0 Å². The molecule has 284 valence electrons. The highest BCUT2D eigenvalue weighted by Crippen LogP contribution is 2.35. The first-order valence-corrected chi connectivity index (χ1v) is 18.6. The lowest BCUT2D eigenvalue weighted by Gasteiger charge is -2.24. The van der Waals surface area contributed by atoms with Crippen molar-refractivity contribution in [1.29, 1.82) is 0 Å². The van der Waals surface area contributed by atoms with E-state index in [0.29, 0.717) is 18.8 Å². The van der Waals surface area contributed by atoms with Gasteiger partial charge in [0.05, 0.1) is 12.3 Å². The Morgan fingerprint density at radius 2 is 1.79 bits per heavy atom. The maximum Gasteiger partial charge on any atom is 0.354 e. The van der Waals surface area contributed by atoms with E-state index in [4.69, 9.17) is 21.9 Å². The van der Waals surface area contributed by atoms with Crippen LogP contribution in [-0.4, -0.2) is 52.8 Å². The number of nitrogens with two attached hydrogens (primary N) is 3. The quantitative estimate of drug-likeness (QED) is 0.0625. The van der Waals surface area contributed by atoms with E-state index in [1.807, 2.05) is 37.4 Å². The number of ether oxygens (including phenoxy) is 1. The topological polar surface area (TPSA) is 162 Å². The number of aromatic nitrogens is 3. The smallest absolute Gasteiger partial charge is 0.354 e. The molecule has 0 spiro atoms. The Morgan fingerprint density at radius 1 is 1.08 bits per heavy atom. The molecule has 2 aromatic carbocycles. The molecule has 0 saturated carbocycles. The molecule has 0 aliphatic carbocycles. The van der Waals surface area contributed by atoms with Crippen LogP contribution in [0.1, 0.15) is 121 Å². The summed E-state index contributed by atoms with van der Waals surface area (Å²) in [4.78, 5) is 24.0. The summed E-state index contributed by atoms with van der Waals surface area (Å²) in [6, 6.07) is 14.5. The predicted molar refractivity (Wildman–Crippen MR) is 212 cm³/mol. The Balaban J connectivity index is 0.000000244. The first-order chi connectivity index (χ1) is 24.4. The lowest BCUT2D eigenvalue weighted by atomic mass is 9.81. The molecule has 0 amide bonds. The van der Waals surface area contributed by atoms with Crippen LogP contribution in [0.3, 0.4) is 0 Å². The molecule has 1 aliphatic rings. The zero-order valence-corrected chi connectivity index (χ0v) is 32.5. The van der Waals surface area contributed by atoms with Gasteiger partial charge in [-0.25, -0.2) is 9.18 Å². The molecule has 3 heterocycles. The minimum absolute atomic E-state index is 0.0288. The third-order valence-electron chi connectivity index (χ3n) is 9.53.